The minimum atomic E-state index is -0.667. The van der Waals surface area contributed by atoms with Crippen LogP contribution in [0.5, 0.6) is 5.75 Å². The molecular formula is C22H17NO5. The standard InChI is InChI=1S/C22H17NO5/c1-4-28-22(26)16-15-10-12(27-3)9-11(2)18(15)23-19-17(16)20(24)13-7-5-6-8-14(13)21(19)25/h5-10H,4H2,1-3H3. The average Bonchev–Trinajstić information content (AvgIpc) is 2.70. The van der Waals surface area contributed by atoms with E-state index < -0.39 is 11.8 Å². The summed E-state index contributed by atoms with van der Waals surface area (Å²) in [6.07, 6.45) is 0. The molecular weight excluding hydrogens is 358 g/mol. The van der Waals surface area contributed by atoms with E-state index in [4.69, 9.17) is 9.47 Å². The number of aryl methyl sites for hydroxylation is 1. The Morgan fingerprint density at radius 3 is 2.39 bits per heavy atom. The van der Waals surface area contributed by atoms with Crippen LogP contribution in [0.2, 0.25) is 0 Å². The van der Waals surface area contributed by atoms with Gasteiger partial charge in [0.25, 0.3) is 0 Å². The van der Waals surface area contributed by atoms with Crippen molar-refractivity contribution in [3.8, 4) is 5.75 Å². The van der Waals surface area contributed by atoms with E-state index in [0.717, 1.165) is 5.56 Å². The van der Waals surface area contributed by atoms with E-state index >= 15 is 0 Å². The zero-order chi connectivity index (χ0) is 20.0. The van der Waals surface area contributed by atoms with Gasteiger partial charge in [-0.05, 0) is 31.5 Å². The number of hydrogen-bond acceptors (Lipinski definition) is 6. The van der Waals surface area contributed by atoms with Crippen LogP contribution < -0.4 is 4.74 Å². The quantitative estimate of drug-likeness (QED) is 0.510. The SMILES string of the molecule is CCOC(=O)c1c2c(nc3c(C)cc(OC)cc13)C(=O)c1ccccc1C2=O. The van der Waals surface area contributed by atoms with E-state index in [1.165, 1.54) is 7.11 Å². The Bertz CT molecular complexity index is 1180. The van der Waals surface area contributed by atoms with Gasteiger partial charge in [0, 0.05) is 16.5 Å². The van der Waals surface area contributed by atoms with Gasteiger partial charge in [-0.1, -0.05) is 24.3 Å². The van der Waals surface area contributed by atoms with E-state index in [1.807, 2.05) is 6.92 Å². The summed E-state index contributed by atoms with van der Waals surface area (Å²) >= 11 is 0. The molecule has 0 N–H and O–H groups in total. The predicted octanol–water partition coefficient (Wildman–Crippen LogP) is 3.50. The molecule has 2 aromatic carbocycles. The van der Waals surface area contributed by atoms with Crippen LogP contribution in [0.3, 0.4) is 0 Å². The second-order valence-electron chi connectivity index (χ2n) is 6.48. The van der Waals surface area contributed by atoms with E-state index in [1.54, 1.807) is 43.3 Å². The Labute approximate surface area is 161 Å². The normalized spacial score (nSPS) is 12.5. The topological polar surface area (TPSA) is 82.6 Å². The Kier molecular flexibility index (Phi) is 4.19. The smallest absolute Gasteiger partial charge is 0.339 e. The molecule has 0 fully saturated rings. The number of ether oxygens (including phenoxy) is 2. The van der Waals surface area contributed by atoms with Gasteiger partial charge in [0.15, 0.2) is 5.78 Å². The number of fused-ring (bicyclic) bond motifs is 3. The molecule has 1 heterocycles. The molecule has 0 aliphatic heterocycles. The summed E-state index contributed by atoms with van der Waals surface area (Å²) in [5.74, 6) is -0.942. The number of nitrogens with zero attached hydrogens (tertiary/aromatic N) is 1. The van der Waals surface area contributed by atoms with Crippen molar-refractivity contribution in [1.82, 2.24) is 4.98 Å². The Hall–Kier alpha value is -3.54. The van der Waals surface area contributed by atoms with Crippen LogP contribution >= 0.6 is 0 Å². The first kappa shape index (κ1) is 17.9. The third-order valence-corrected chi connectivity index (χ3v) is 4.83. The molecule has 4 rings (SSSR count). The maximum absolute atomic E-state index is 13.2. The summed E-state index contributed by atoms with van der Waals surface area (Å²) in [6.45, 7) is 3.63. The second kappa shape index (κ2) is 6.56. The number of rotatable bonds is 3. The first-order valence-corrected chi connectivity index (χ1v) is 8.85. The van der Waals surface area contributed by atoms with Gasteiger partial charge in [-0.25, -0.2) is 9.78 Å². The number of carbonyl (C=O) groups excluding carboxylic acids is 3. The lowest BCUT2D eigenvalue weighted by Gasteiger charge is -2.21. The summed E-state index contributed by atoms with van der Waals surface area (Å²) in [7, 11) is 1.52. The molecule has 1 aliphatic rings. The van der Waals surface area contributed by atoms with Gasteiger partial charge >= 0.3 is 5.97 Å². The van der Waals surface area contributed by atoms with Gasteiger partial charge < -0.3 is 9.47 Å². The predicted molar refractivity (Wildman–Crippen MR) is 102 cm³/mol. The molecule has 0 spiro atoms. The zero-order valence-corrected chi connectivity index (χ0v) is 15.7. The molecule has 1 aromatic heterocycles. The van der Waals surface area contributed by atoms with Crippen LogP contribution in [0.4, 0.5) is 0 Å². The van der Waals surface area contributed by atoms with Gasteiger partial charge in [-0.2, -0.15) is 0 Å². The largest absolute Gasteiger partial charge is 0.497 e. The average molecular weight is 375 g/mol. The minimum absolute atomic E-state index is 0.0118. The van der Waals surface area contributed by atoms with Crippen molar-refractivity contribution in [2.45, 2.75) is 13.8 Å². The van der Waals surface area contributed by atoms with Gasteiger partial charge in [0.05, 0.1) is 30.4 Å². The van der Waals surface area contributed by atoms with Crippen LogP contribution in [0, 0.1) is 6.92 Å². The van der Waals surface area contributed by atoms with E-state index in [2.05, 4.69) is 4.98 Å². The van der Waals surface area contributed by atoms with Crippen LogP contribution in [-0.4, -0.2) is 36.2 Å². The Morgan fingerprint density at radius 1 is 1.07 bits per heavy atom. The Morgan fingerprint density at radius 2 is 1.75 bits per heavy atom. The molecule has 0 saturated carbocycles. The lowest BCUT2D eigenvalue weighted by atomic mass is 9.83. The molecule has 1 aliphatic carbocycles. The first-order chi connectivity index (χ1) is 13.5. The number of esters is 1. The zero-order valence-electron chi connectivity index (χ0n) is 15.7. The maximum atomic E-state index is 13.2. The number of hydrogen-bond donors (Lipinski definition) is 0. The molecule has 3 aromatic rings. The molecule has 0 amide bonds. The maximum Gasteiger partial charge on any atom is 0.339 e. The first-order valence-electron chi connectivity index (χ1n) is 8.85. The molecule has 0 saturated heterocycles. The van der Waals surface area contributed by atoms with E-state index in [0.29, 0.717) is 16.7 Å². The number of pyridine rings is 1. The summed E-state index contributed by atoms with van der Waals surface area (Å²) in [6, 6.07) is 9.95. The highest BCUT2D eigenvalue weighted by molar-refractivity contribution is 6.31. The highest BCUT2D eigenvalue weighted by Gasteiger charge is 2.36. The second-order valence-corrected chi connectivity index (χ2v) is 6.48. The van der Waals surface area contributed by atoms with Crippen LogP contribution in [-0.2, 0) is 4.74 Å². The third kappa shape index (κ3) is 2.49. The molecule has 0 radical (unpaired) electrons. The number of carbonyl (C=O) groups is 3. The number of methoxy groups -OCH3 is 1. The van der Waals surface area contributed by atoms with Crippen LogP contribution in [0.1, 0.15) is 54.8 Å². The molecule has 0 atom stereocenters. The van der Waals surface area contributed by atoms with E-state index in [-0.39, 0.29) is 40.3 Å². The molecule has 6 heteroatoms. The summed E-state index contributed by atoms with van der Waals surface area (Å²) in [4.78, 5) is 43.6. The molecule has 28 heavy (non-hydrogen) atoms. The number of benzene rings is 2. The van der Waals surface area contributed by atoms with Crippen molar-refractivity contribution in [2.75, 3.05) is 13.7 Å². The lowest BCUT2D eigenvalue weighted by molar-refractivity contribution is 0.0525. The number of ketones is 2. The summed E-state index contributed by atoms with van der Waals surface area (Å²) < 4.78 is 10.5. The van der Waals surface area contributed by atoms with Crippen molar-refractivity contribution < 1.29 is 23.9 Å². The van der Waals surface area contributed by atoms with Gasteiger partial charge in [-0.15, -0.1) is 0 Å². The summed E-state index contributed by atoms with van der Waals surface area (Å²) in [5, 5.41) is 0.426. The van der Waals surface area contributed by atoms with Crippen molar-refractivity contribution in [3.05, 3.63) is 69.9 Å². The van der Waals surface area contributed by atoms with Gasteiger partial charge in [-0.3, -0.25) is 9.59 Å². The van der Waals surface area contributed by atoms with Crippen molar-refractivity contribution in [2.24, 2.45) is 0 Å². The van der Waals surface area contributed by atoms with Crippen molar-refractivity contribution in [1.29, 1.82) is 0 Å². The Balaban J connectivity index is 2.15. The molecule has 0 bridgehead atoms. The fraction of sp³-hybridized carbons (Fsp3) is 0.182. The van der Waals surface area contributed by atoms with Crippen LogP contribution in [0.15, 0.2) is 36.4 Å². The molecule has 0 unspecified atom stereocenters. The summed E-state index contributed by atoms with van der Waals surface area (Å²) in [5.41, 5.74) is 1.75. The van der Waals surface area contributed by atoms with Crippen LogP contribution in [0.25, 0.3) is 10.9 Å². The fourth-order valence-electron chi connectivity index (χ4n) is 3.57. The lowest BCUT2D eigenvalue weighted by Crippen LogP contribution is -2.26. The van der Waals surface area contributed by atoms with Gasteiger partial charge in [0.1, 0.15) is 11.4 Å². The highest BCUT2D eigenvalue weighted by Crippen LogP contribution is 2.35. The van der Waals surface area contributed by atoms with E-state index in [9.17, 15) is 14.4 Å². The fourth-order valence-corrected chi connectivity index (χ4v) is 3.57. The van der Waals surface area contributed by atoms with Crippen molar-refractivity contribution in [3.63, 3.8) is 0 Å². The molecule has 140 valence electrons. The number of aromatic nitrogens is 1. The van der Waals surface area contributed by atoms with Crippen molar-refractivity contribution >= 4 is 28.4 Å². The molecule has 6 nitrogen and oxygen atoms in total. The van der Waals surface area contributed by atoms with Gasteiger partial charge in [0.2, 0.25) is 5.78 Å². The monoisotopic (exact) mass is 375 g/mol. The third-order valence-electron chi connectivity index (χ3n) is 4.83. The highest BCUT2D eigenvalue weighted by atomic mass is 16.5. The minimum Gasteiger partial charge on any atom is -0.497 e.